The molecule has 25 heavy (non-hydrogen) atoms. The number of anilines is 3. The minimum absolute atomic E-state index is 0.0421. The van der Waals surface area contributed by atoms with E-state index in [4.69, 9.17) is 16.3 Å². The Morgan fingerprint density at radius 2 is 1.76 bits per heavy atom. The first kappa shape index (κ1) is 16.4. The van der Waals surface area contributed by atoms with Gasteiger partial charge >= 0.3 is 0 Å². The third-order valence-corrected chi connectivity index (χ3v) is 5.12. The van der Waals surface area contributed by atoms with Crippen molar-refractivity contribution < 1.29 is 14.3 Å². The largest absolute Gasteiger partial charge is 0.480 e. The summed E-state index contributed by atoms with van der Waals surface area (Å²) in [5, 5.41) is 0.508. The van der Waals surface area contributed by atoms with Crippen LogP contribution in [0.4, 0.5) is 17.1 Å². The van der Waals surface area contributed by atoms with Crippen molar-refractivity contribution in [2.45, 2.75) is 12.8 Å². The Morgan fingerprint density at radius 1 is 1.04 bits per heavy atom. The van der Waals surface area contributed by atoms with Gasteiger partial charge in [0.2, 0.25) is 5.91 Å². The van der Waals surface area contributed by atoms with E-state index in [0.29, 0.717) is 33.0 Å². The summed E-state index contributed by atoms with van der Waals surface area (Å²) in [7, 11) is 0. The molecule has 2 amide bonds. The van der Waals surface area contributed by atoms with Crippen molar-refractivity contribution in [2.24, 2.45) is 0 Å². The van der Waals surface area contributed by atoms with Crippen molar-refractivity contribution in [2.75, 3.05) is 23.0 Å². The van der Waals surface area contributed by atoms with Crippen molar-refractivity contribution in [3.63, 3.8) is 0 Å². The number of carbonyl (C=O) groups excluding carboxylic acids is 2. The molecule has 0 unspecified atom stereocenters. The van der Waals surface area contributed by atoms with E-state index < -0.39 is 0 Å². The Labute approximate surface area is 158 Å². The van der Waals surface area contributed by atoms with Gasteiger partial charge in [-0.15, -0.1) is 0 Å². The monoisotopic (exact) mass is 420 g/mol. The number of carbonyl (C=O) groups is 2. The standard InChI is InChI=1S/C18H14BrClN2O3/c19-14-8-11(20)9-15-18(14)25-10-17(24)22(15)13-5-3-12(4-6-13)21-7-1-2-16(21)23/h3-6,8-9H,1-2,7,10H2. The highest BCUT2D eigenvalue weighted by molar-refractivity contribution is 9.10. The molecule has 2 aromatic rings. The maximum absolute atomic E-state index is 12.5. The van der Waals surface area contributed by atoms with E-state index in [1.54, 1.807) is 21.9 Å². The van der Waals surface area contributed by atoms with Gasteiger partial charge < -0.3 is 9.64 Å². The fourth-order valence-corrected chi connectivity index (χ4v) is 4.08. The van der Waals surface area contributed by atoms with Gasteiger partial charge in [-0.3, -0.25) is 14.5 Å². The van der Waals surface area contributed by atoms with E-state index in [1.807, 2.05) is 24.3 Å². The summed E-state index contributed by atoms with van der Waals surface area (Å²) in [6.07, 6.45) is 1.46. The van der Waals surface area contributed by atoms with E-state index in [9.17, 15) is 9.59 Å². The Balaban J connectivity index is 1.72. The zero-order chi connectivity index (χ0) is 17.6. The molecule has 0 spiro atoms. The lowest BCUT2D eigenvalue weighted by Gasteiger charge is -2.30. The smallest absolute Gasteiger partial charge is 0.269 e. The number of amides is 2. The number of benzene rings is 2. The van der Waals surface area contributed by atoms with Crippen LogP contribution in [0.15, 0.2) is 40.9 Å². The fourth-order valence-electron chi connectivity index (χ4n) is 3.17. The highest BCUT2D eigenvalue weighted by Crippen LogP contribution is 2.44. The number of rotatable bonds is 2. The molecule has 2 aliphatic rings. The number of hydrogen-bond acceptors (Lipinski definition) is 3. The van der Waals surface area contributed by atoms with E-state index in [1.165, 1.54) is 0 Å². The van der Waals surface area contributed by atoms with Crippen LogP contribution >= 0.6 is 27.5 Å². The lowest BCUT2D eigenvalue weighted by atomic mass is 10.2. The Bertz CT molecular complexity index is 869. The molecule has 2 aliphatic heterocycles. The molecule has 0 aromatic heterocycles. The summed E-state index contributed by atoms with van der Waals surface area (Å²) >= 11 is 9.57. The number of ether oxygens (including phenoxy) is 1. The second-order valence-electron chi connectivity index (χ2n) is 5.92. The highest BCUT2D eigenvalue weighted by Gasteiger charge is 2.29. The third kappa shape index (κ3) is 2.89. The highest BCUT2D eigenvalue weighted by atomic mass is 79.9. The average Bonchev–Trinajstić information content (AvgIpc) is 3.01. The van der Waals surface area contributed by atoms with Crippen molar-refractivity contribution in [3.05, 3.63) is 45.9 Å². The maximum Gasteiger partial charge on any atom is 0.269 e. The van der Waals surface area contributed by atoms with Gasteiger partial charge in [0.15, 0.2) is 12.4 Å². The molecule has 0 saturated carbocycles. The molecule has 2 aromatic carbocycles. The quantitative estimate of drug-likeness (QED) is 0.727. The van der Waals surface area contributed by atoms with Gasteiger partial charge in [0.05, 0.1) is 10.2 Å². The molecule has 4 rings (SSSR count). The molecule has 0 bridgehead atoms. The van der Waals surface area contributed by atoms with E-state index >= 15 is 0 Å². The van der Waals surface area contributed by atoms with Crippen molar-refractivity contribution in [3.8, 4) is 5.75 Å². The summed E-state index contributed by atoms with van der Waals surface area (Å²) in [5.41, 5.74) is 2.15. The summed E-state index contributed by atoms with van der Waals surface area (Å²) in [6.45, 7) is 0.694. The van der Waals surface area contributed by atoms with Crippen LogP contribution < -0.4 is 14.5 Å². The Morgan fingerprint density at radius 3 is 2.44 bits per heavy atom. The normalized spacial score (nSPS) is 16.9. The van der Waals surface area contributed by atoms with Crippen LogP contribution in [0.5, 0.6) is 5.75 Å². The van der Waals surface area contributed by atoms with Gasteiger partial charge in [-0.05, 0) is 58.7 Å². The molecule has 7 heteroatoms. The second kappa shape index (κ2) is 6.35. The number of nitrogens with zero attached hydrogens (tertiary/aromatic N) is 2. The van der Waals surface area contributed by atoms with Gasteiger partial charge in [-0.2, -0.15) is 0 Å². The number of hydrogen-bond donors (Lipinski definition) is 0. The summed E-state index contributed by atoms with van der Waals surface area (Å²) in [4.78, 5) is 27.7. The number of fused-ring (bicyclic) bond motifs is 1. The molecule has 5 nitrogen and oxygen atoms in total. The van der Waals surface area contributed by atoms with Crippen LogP contribution in [0, 0.1) is 0 Å². The second-order valence-corrected chi connectivity index (χ2v) is 7.21. The van der Waals surface area contributed by atoms with Crippen LogP contribution in [0.2, 0.25) is 5.02 Å². The van der Waals surface area contributed by atoms with Crippen LogP contribution in [0.1, 0.15) is 12.8 Å². The van der Waals surface area contributed by atoms with Crippen LogP contribution in [0.25, 0.3) is 0 Å². The maximum atomic E-state index is 12.5. The van der Waals surface area contributed by atoms with Gasteiger partial charge in [-0.25, -0.2) is 0 Å². The van der Waals surface area contributed by atoms with Crippen LogP contribution in [0.3, 0.4) is 0 Å². The summed E-state index contributed by atoms with van der Waals surface area (Å²) < 4.78 is 6.24. The van der Waals surface area contributed by atoms with Crippen LogP contribution in [-0.4, -0.2) is 25.0 Å². The van der Waals surface area contributed by atoms with Crippen molar-refractivity contribution in [1.82, 2.24) is 0 Å². The summed E-state index contributed by atoms with van der Waals surface area (Å²) in [5.74, 6) is 0.547. The predicted octanol–water partition coefficient (Wildman–Crippen LogP) is 4.29. The molecule has 0 atom stereocenters. The topological polar surface area (TPSA) is 49.9 Å². The summed E-state index contributed by atoms with van der Waals surface area (Å²) in [6, 6.07) is 10.8. The zero-order valence-corrected chi connectivity index (χ0v) is 15.5. The van der Waals surface area contributed by atoms with E-state index in [2.05, 4.69) is 15.9 Å². The van der Waals surface area contributed by atoms with E-state index in [0.717, 1.165) is 18.7 Å². The molecular weight excluding hydrogens is 408 g/mol. The number of halogens is 2. The molecule has 0 N–H and O–H groups in total. The molecule has 128 valence electrons. The Hall–Kier alpha value is -2.05. The molecule has 0 radical (unpaired) electrons. The van der Waals surface area contributed by atoms with Crippen molar-refractivity contribution >= 4 is 56.4 Å². The van der Waals surface area contributed by atoms with Gasteiger partial charge in [0.1, 0.15) is 0 Å². The predicted molar refractivity (Wildman–Crippen MR) is 99.8 cm³/mol. The fraction of sp³-hybridized carbons (Fsp3) is 0.222. The first-order valence-electron chi connectivity index (χ1n) is 7.90. The lowest BCUT2D eigenvalue weighted by Crippen LogP contribution is -2.35. The zero-order valence-electron chi connectivity index (χ0n) is 13.2. The molecular formula is C18H14BrClN2O3. The SMILES string of the molecule is O=C1CCCN1c1ccc(N2C(=O)COc3c(Br)cc(Cl)cc32)cc1. The third-order valence-electron chi connectivity index (χ3n) is 4.31. The average molecular weight is 422 g/mol. The van der Waals surface area contributed by atoms with Gasteiger partial charge in [-0.1, -0.05) is 11.6 Å². The van der Waals surface area contributed by atoms with Crippen molar-refractivity contribution in [1.29, 1.82) is 0 Å². The van der Waals surface area contributed by atoms with E-state index in [-0.39, 0.29) is 18.4 Å². The minimum Gasteiger partial charge on any atom is -0.480 e. The van der Waals surface area contributed by atoms with Gasteiger partial charge in [0, 0.05) is 29.4 Å². The lowest BCUT2D eigenvalue weighted by molar-refractivity contribution is -0.120. The first-order chi connectivity index (χ1) is 12.0. The molecule has 1 fully saturated rings. The van der Waals surface area contributed by atoms with Crippen LogP contribution in [-0.2, 0) is 9.59 Å². The molecule has 0 aliphatic carbocycles. The molecule has 2 heterocycles. The molecule has 1 saturated heterocycles. The minimum atomic E-state index is -0.174. The van der Waals surface area contributed by atoms with Gasteiger partial charge in [0.25, 0.3) is 5.91 Å². The Kier molecular flexibility index (Phi) is 4.17. The first-order valence-corrected chi connectivity index (χ1v) is 9.07.